The Kier molecular flexibility index (Phi) is 7.53. The maximum absolute atomic E-state index is 13.3. The van der Waals surface area contributed by atoms with E-state index in [-0.39, 0.29) is 12.8 Å². The molecule has 7 nitrogen and oxygen atoms in total. The molecule has 0 aliphatic rings. The number of benzene rings is 1. The molecule has 2 amide bonds. The zero-order valence-corrected chi connectivity index (χ0v) is 14.0. The molecule has 1 aromatic rings. The third-order valence-corrected chi connectivity index (χ3v) is 3.45. The summed E-state index contributed by atoms with van der Waals surface area (Å²) in [4.78, 5) is 35.0. The average Bonchev–Trinajstić information content (AvgIpc) is 2.52. The molecule has 134 valence electrons. The Morgan fingerprint density at radius 1 is 1.28 bits per heavy atom. The summed E-state index contributed by atoms with van der Waals surface area (Å²) in [5, 5.41) is 22.7. The van der Waals surface area contributed by atoms with Gasteiger partial charge >= 0.3 is 5.97 Å². The number of carbonyl (C=O) groups is 3. The van der Waals surface area contributed by atoms with Crippen LogP contribution in [0.15, 0.2) is 24.3 Å². The minimum Gasteiger partial charge on any atom is -0.480 e. The lowest BCUT2D eigenvalue weighted by molar-refractivity contribution is -0.142. The van der Waals surface area contributed by atoms with Crippen molar-refractivity contribution >= 4 is 17.8 Å². The summed E-state index contributed by atoms with van der Waals surface area (Å²) >= 11 is 0. The van der Waals surface area contributed by atoms with Gasteiger partial charge in [0, 0.05) is 19.3 Å². The first-order chi connectivity index (χ1) is 11.7. The van der Waals surface area contributed by atoms with Crippen LogP contribution in [0.3, 0.4) is 0 Å². The van der Waals surface area contributed by atoms with Gasteiger partial charge in [0.1, 0.15) is 17.9 Å². The largest absolute Gasteiger partial charge is 0.480 e. The molecular weight excluding hydrogens is 329 g/mol. The molecule has 1 aromatic carbocycles. The summed E-state index contributed by atoms with van der Waals surface area (Å²) in [6.07, 6.45) is -0.0619. The molecule has 0 aliphatic heterocycles. The number of carbonyl (C=O) groups excluding carboxylic acids is 2. The van der Waals surface area contributed by atoms with Gasteiger partial charge in [0.2, 0.25) is 11.8 Å². The van der Waals surface area contributed by atoms with Crippen LogP contribution in [-0.4, -0.2) is 35.0 Å². The van der Waals surface area contributed by atoms with Gasteiger partial charge in [0.05, 0.1) is 6.07 Å². The third-order valence-electron chi connectivity index (χ3n) is 3.45. The van der Waals surface area contributed by atoms with Crippen molar-refractivity contribution in [1.29, 1.82) is 5.26 Å². The fraction of sp³-hybridized carbons (Fsp3) is 0.412. The Labute approximate surface area is 144 Å². The van der Waals surface area contributed by atoms with Crippen LogP contribution in [-0.2, 0) is 20.8 Å². The van der Waals surface area contributed by atoms with Crippen LogP contribution in [0.2, 0.25) is 0 Å². The molecule has 3 N–H and O–H groups in total. The molecule has 1 rings (SSSR count). The topological polar surface area (TPSA) is 119 Å². The minimum atomic E-state index is -1.28. The van der Waals surface area contributed by atoms with Crippen molar-refractivity contribution in [2.24, 2.45) is 5.92 Å². The summed E-state index contributed by atoms with van der Waals surface area (Å²) in [5.74, 6) is -3.51. The number of carboxylic acids is 1. The van der Waals surface area contributed by atoms with E-state index >= 15 is 0 Å². The second-order valence-corrected chi connectivity index (χ2v) is 5.75. The Hall–Kier alpha value is -2.95. The molecule has 0 aromatic heterocycles. The van der Waals surface area contributed by atoms with E-state index in [1.165, 1.54) is 25.1 Å². The number of amides is 2. The molecule has 0 unspecified atom stereocenters. The number of aliphatic carboxylic acids is 1. The zero-order valence-electron chi connectivity index (χ0n) is 14.0. The fourth-order valence-electron chi connectivity index (χ4n) is 2.25. The van der Waals surface area contributed by atoms with E-state index in [1.54, 1.807) is 13.0 Å². The Balaban J connectivity index is 2.89. The number of hydrogen-bond donors (Lipinski definition) is 3. The number of halogens is 1. The molecule has 0 fully saturated rings. The first kappa shape index (κ1) is 20.1. The molecular formula is C17H20FN3O4. The zero-order chi connectivity index (χ0) is 19.0. The van der Waals surface area contributed by atoms with Gasteiger partial charge in [-0.1, -0.05) is 12.1 Å². The predicted molar refractivity (Wildman–Crippen MR) is 86.7 cm³/mol. The van der Waals surface area contributed by atoms with Crippen molar-refractivity contribution < 1.29 is 23.9 Å². The number of nitriles is 1. The monoisotopic (exact) mass is 349 g/mol. The highest BCUT2D eigenvalue weighted by molar-refractivity contribution is 5.90. The quantitative estimate of drug-likeness (QED) is 0.647. The Bertz CT molecular complexity index is 687. The molecule has 0 bridgehead atoms. The van der Waals surface area contributed by atoms with Gasteiger partial charge in [-0.05, 0) is 31.0 Å². The SMILES string of the molecule is CC(=O)N[C@H](Cc1cccc(F)c1)C(=O)N[C@@H](C[C@@H](C)C#N)C(=O)O. The minimum absolute atomic E-state index is 0.00329. The molecule has 8 heteroatoms. The van der Waals surface area contributed by atoms with Gasteiger partial charge < -0.3 is 15.7 Å². The maximum atomic E-state index is 13.3. The van der Waals surface area contributed by atoms with Crippen molar-refractivity contribution in [3.63, 3.8) is 0 Å². The Morgan fingerprint density at radius 2 is 1.96 bits per heavy atom. The molecule has 0 heterocycles. The van der Waals surface area contributed by atoms with Crippen LogP contribution in [0.4, 0.5) is 4.39 Å². The molecule has 0 saturated carbocycles. The summed E-state index contributed by atoms with van der Waals surface area (Å²) < 4.78 is 13.3. The predicted octanol–water partition coefficient (Wildman–Crippen LogP) is 0.992. The first-order valence-corrected chi connectivity index (χ1v) is 7.67. The standard InChI is InChI=1S/C17H20FN3O4/c1-10(9-19)6-15(17(24)25)21-16(23)14(20-11(2)22)8-12-4-3-5-13(18)7-12/h3-5,7,10,14-15H,6,8H2,1-2H3,(H,20,22)(H,21,23)(H,24,25)/t10-,14-,15+/m1/s1. The number of nitrogens with zero attached hydrogens (tertiary/aromatic N) is 1. The summed E-state index contributed by atoms with van der Waals surface area (Å²) in [5.41, 5.74) is 0.478. The van der Waals surface area contributed by atoms with Crippen LogP contribution in [0, 0.1) is 23.1 Å². The second kappa shape index (κ2) is 9.37. The lowest BCUT2D eigenvalue weighted by Gasteiger charge is -2.21. The highest BCUT2D eigenvalue weighted by Gasteiger charge is 2.27. The van der Waals surface area contributed by atoms with Crippen molar-refractivity contribution in [3.05, 3.63) is 35.6 Å². The number of carboxylic acid groups (broad SMARTS) is 1. The van der Waals surface area contributed by atoms with Gasteiger partial charge in [0.15, 0.2) is 0 Å². The fourth-order valence-corrected chi connectivity index (χ4v) is 2.25. The lowest BCUT2D eigenvalue weighted by atomic mass is 10.0. The molecule has 0 spiro atoms. The van der Waals surface area contributed by atoms with Crippen LogP contribution in [0.25, 0.3) is 0 Å². The normalized spacial score (nSPS) is 13.8. The average molecular weight is 349 g/mol. The molecule has 0 aliphatic carbocycles. The first-order valence-electron chi connectivity index (χ1n) is 7.67. The Morgan fingerprint density at radius 3 is 2.48 bits per heavy atom. The molecule has 0 saturated heterocycles. The summed E-state index contributed by atoms with van der Waals surface area (Å²) in [6, 6.07) is 5.14. The highest BCUT2D eigenvalue weighted by atomic mass is 19.1. The van der Waals surface area contributed by atoms with E-state index in [1.807, 2.05) is 6.07 Å². The maximum Gasteiger partial charge on any atom is 0.326 e. The molecule has 0 radical (unpaired) electrons. The summed E-state index contributed by atoms with van der Waals surface area (Å²) in [7, 11) is 0. The van der Waals surface area contributed by atoms with E-state index < -0.39 is 41.6 Å². The van der Waals surface area contributed by atoms with Crippen LogP contribution >= 0.6 is 0 Å². The van der Waals surface area contributed by atoms with Gasteiger partial charge in [0.25, 0.3) is 0 Å². The smallest absolute Gasteiger partial charge is 0.326 e. The highest BCUT2D eigenvalue weighted by Crippen LogP contribution is 2.09. The second-order valence-electron chi connectivity index (χ2n) is 5.75. The lowest BCUT2D eigenvalue weighted by Crippen LogP contribution is -2.52. The van der Waals surface area contributed by atoms with E-state index in [0.717, 1.165) is 0 Å². The van der Waals surface area contributed by atoms with Crippen molar-refractivity contribution in [2.45, 2.75) is 38.8 Å². The van der Waals surface area contributed by atoms with Crippen LogP contribution in [0.1, 0.15) is 25.8 Å². The van der Waals surface area contributed by atoms with Crippen molar-refractivity contribution in [1.82, 2.24) is 10.6 Å². The van der Waals surface area contributed by atoms with Gasteiger partial charge in [-0.3, -0.25) is 9.59 Å². The van der Waals surface area contributed by atoms with Gasteiger partial charge in [-0.25, -0.2) is 9.18 Å². The van der Waals surface area contributed by atoms with Crippen LogP contribution in [0.5, 0.6) is 0 Å². The van der Waals surface area contributed by atoms with Crippen molar-refractivity contribution in [2.75, 3.05) is 0 Å². The molecule has 25 heavy (non-hydrogen) atoms. The number of hydrogen-bond acceptors (Lipinski definition) is 4. The van der Waals surface area contributed by atoms with E-state index in [0.29, 0.717) is 5.56 Å². The van der Waals surface area contributed by atoms with E-state index in [2.05, 4.69) is 10.6 Å². The number of rotatable bonds is 8. The van der Waals surface area contributed by atoms with Crippen molar-refractivity contribution in [3.8, 4) is 6.07 Å². The van der Waals surface area contributed by atoms with Gasteiger partial charge in [-0.2, -0.15) is 5.26 Å². The van der Waals surface area contributed by atoms with Gasteiger partial charge in [-0.15, -0.1) is 0 Å². The van der Waals surface area contributed by atoms with E-state index in [9.17, 15) is 23.9 Å². The summed E-state index contributed by atoms with van der Waals surface area (Å²) in [6.45, 7) is 2.76. The van der Waals surface area contributed by atoms with Crippen LogP contribution < -0.4 is 10.6 Å². The van der Waals surface area contributed by atoms with E-state index in [4.69, 9.17) is 5.26 Å². The third kappa shape index (κ3) is 6.99. The molecule has 3 atom stereocenters. The number of nitrogens with one attached hydrogen (secondary N) is 2.